The molecule has 0 N–H and O–H groups in total. The van der Waals surface area contributed by atoms with Gasteiger partial charge in [-0.2, -0.15) is 0 Å². The molecule has 0 saturated carbocycles. The monoisotopic (exact) mass is 407 g/mol. The number of nitrogens with zero attached hydrogens (tertiary/aromatic N) is 1. The molecular formula is C20H16ClF2NO2S. The molecule has 0 aliphatic heterocycles. The molecule has 3 nitrogen and oxygen atoms in total. The first-order valence-corrected chi connectivity index (χ1v) is 9.92. The van der Waals surface area contributed by atoms with E-state index in [0.29, 0.717) is 10.6 Å². The molecule has 0 radical (unpaired) electrons. The van der Waals surface area contributed by atoms with E-state index in [-0.39, 0.29) is 10.6 Å². The molecule has 7 heteroatoms. The van der Waals surface area contributed by atoms with E-state index in [9.17, 15) is 17.2 Å². The normalized spacial score (nSPS) is 12.6. The van der Waals surface area contributed by atoms with Crippen LogP contribution in [0.2, 0.25) is 5.02 Å². The van der Waals surface area contributed by atoms with Gasteiger partial charge in [0.05, 0.1) is 16.6 Å². The fraction of sp³-hybridized carbons (Fsp3) is 0.100. The Hall–Kier alpha value is -2.44. The van der Waals surface area contributed by atoms with Crippen molar-refractivity contribution in [2.24, 2.45) is 0 Å². The number of sulfonamides is 1. The molecule has 0 aliphatic carbocycles. The van der Waals surface area contributed by atoms with E-state index in [0.717, 1.165) is 22.5 Å². The minimum absolute atomic E-state index is 0.0710. The quantitative estimate of drug-likeness (QED) is 0.554. The minimum Gasteiger partial charge on any atom is -0.256 e. The van der Waals surface area contributed by atoms with Gasteiger partial charge in [-0.15, -0.1) is 0 Å². The van der Waals surface area contributed by atoms with Crippen LogP contribution in [0, 0.1) is 11.6 Å². The summed E-state index contributed by atoms with van der Waals surface area (Å²) in [7, 11) is -4.19. The number of hydrogen-bond donors (Lipinski definition) is 0. The van der Waals surface area contributed by atoms with E-state index < -0.39 is 27.7 Å². The first-order valence-electron chi connectivity index (χ1n) is 8.10. The number of rotatable bonds is 5. The zero-order valence-corrected chi connectivity index (χ0v) is 15.9. The third-order valence-electron chi connectivity index (χ3n) is 4.15. The van der Waals surface area contributed by atoms with E-state index in [1.165, 1.54) is 24.3 Å². The molecule has 0 amide bonds. The van der Waals surface area contributed by atoms with Crippen LogP contribution in [0.3, 0.4) is 0 Å². The summed E-state index contributed by atoms with van der Waals surface area (Å²) in [5.41, 5.74) is 0.278. The van der Waals surface area contributed by atoms with Gasteiger partial charge >= 0.3 is 0 Å². The number of hydrogen-bond acceptors (Lipinski definition) is 2. The van der Waals surface area contributed by atoms with E-state index >= 15 is 0 Å². The number of benzene rings is 3. The predicted octanol–water partition coefficient (Wildman–Crippen LogP) is 5.57. The number of anilines is 1. The van der Waals surface area contributed by atoms with Crippen molar-refractivity contribution in [1.82, 2.24) is 0 Å². The second-order valence-corrected chi connectivity index (χ2v) is 8.19. The van der Waals surface area contributed by atoms with Gasteiger partial charge in [0.1, 0.15) is 11.6 Å². The standard InChI is InChI=1S/C20H16ClF2NO2S/c1-14(15-5-3-2-4-6-15)24(20-13-17(22)9-12-19(20)23)27(25,26)18-10-7-16(21)8-11-18/h2-14H,1H3/t14-/m0/s1. The fourth-order valence-electron chi connectivity index (χ4n) is 2.79. The van der Waals surface area contributed by atoms with Crippen molar-refractivity contribution in [3.63, 3.8) is 0 Å². The van der Waals surface area contributed by atoms with Gasteiger partial charge in [-0.05, 0) is 48.9 Å². The lowest BCUT2D eigenvalue weighted by molar-refractivity contribution is 0.570. The van der Waals surface area contributed by atoms with Crippen molar-refractivity contribution in [2.45, 2.75) is 17.9 Å². The molecule has 0 heterocycles. The van der Waals surface area contributed by atoms with E-state index in [2.05, 4.69) is 0 Å². The Labute approximate surface area is 161 Å². The van der Waals surface area contributed by atoms with Gasteiger partial charge in [0.25, 0.3) is 10.0 Å². The largest absolute Gasteiger partial charge is 0.264 e. The zero-order chi connectivity index (χ0) is 19.6. The third-order valence-corrected chi connectivity index (χ3v) is 6.30. The first kappa shape index (κ1) is 19.3. The molecule has 1 atom stereocenters. The van der Waals surface area contributed by atoms with Crippen molar-refractivity contribution in [1.29, 1.82) is 0 Å². The summed E-state index contributed by atoms with van der Waals surface area (Å²) in [6.07, 6.45) is 0. The summed E-state index contributed by atoms with van der Waals surface area (Å²) in [6.45, 7) is 1.62. The van der Waals surface area contributed by atoms with Gasteiger partial charge < -0.3 is 0 Å². The highest BCUT2D eigenvalue weighted by Crippen LogP contribution is 2.35. The Morgan fingerprint density at radius 2 is 1.56 bits per heavy atom. The van der Waals surface area contributed by atoms with Crippen LogP contribution in [0.1, 0.15) is 18.5 Å². The molecule has 3 aromatic rings. The van der Waals surface area contributed by atoms with E-state index in [1.54, 1.807) is 37.3 Å². The van der Waals surface area contributed by atoms with Crippen LogP contribution in [-0.2, 0) is 10.0 Å². The van der Waals surface area contributed by atoms with Gasteiger partial charge in [0.2, 0.25) is 0 Å². The third kappa shape index (κ3) is 3.96. The lowest BCUT2D eigenvalue weighted by Crippen LogP contribution is -2.34. The summed E-state index contributed by atoms with van der Waals surface area (Å²) < 4.78 is 55.8. The molecule has 0 spiro atoms. The van der Waals surface area contributed by atoms with Gasteiger partial charge in [-0.3, -0.25) is 4.31 Å². The molecule has 0 aliphatic rings. The van der Waals surface area contributed by atoms with Crippen LogP contribution in [0.4, 0.5) is 14.5 Å². The second-order valence-electron chi connectivity index (χ2n) is 5.94. The van der Waals surface area contributed by atoms with Crippen molar-refractivity contribution >= 4 is 27.3 Å². The van der Waals surface area contributed by atoms with E-state index in [1.807, 2.05) is 0 Å². The summed E-state index contributed by atoms with van der Waals surface area (Å²) in [6, 6.07) is 16.2. The highest BCUT2D eigenvalue weighted by molar-refractivity contribution is 7.92. The maximum Gasteiger partial charge on any atom is 0.264 e. The van der Waals surface area contributed by atoms with Crippen molar-refractivity contribution in [3.05, 3.63) is 95.0 Å². The molecule has 0 saturated heterocycles. The average Bonchev–Trinajstić information content (AvgIpc) is 2.65. The Balaban J connectivity index is 2.21. The second kappa shape index (κ2) is 7.66. The van der Waals surface area contributed by atoms with Crippen LogP contribution in [0.25, 0.3) is 0 Å². The average molecular weight is 408 g/mol. The van der Waals surface area contributed by atoms with Crippen LogP contribution in [-0.4, -0.2) is 8.42 Å². The Bertz CT molecular complexity index is 1040. The summed E-state index contributed by atoms with van der Waals surface area (Å²) in [4.78, 5) is -0.0710. The molecule has 0 aromatic heterocycles. The van der Waals surface area contributed by atoms with Crippen LogP contribution < -0.4 is 4.31 Å². The molecular weight excluding hydrogens is 392 g/mol. The first-order chi connectivity index (χ1) is 12.8. The van der Waals surface area contributed by atoms with Crippen LogP contribution >= 0.6 is 11.6 Å². The highest BCUT2D eigenvalue weighted by atomic mass is 35.5. The van der Waals surface area contributed by atoms with Crippen LogP contribution in [0.15, 0.2) is 77.7 Å². The highest BCUT2D eigenvalue weighted by Gasteiger charge is 2.32. The molecule has 27 heavy (non-hydrogen) atoms. The Morgan fingerprint density at radius 3 is 2.19 bits per heavy atom. The number of halogens is 3. The van der Waals surface area contributed by atoms with Gasteiger partial charge in [0, 0.05) is 11.1 Å². The summed E-state index contributed by atoms with van der Waals surface area (Å²) in [5.74, 6) is -1.57. The zero-order valence-electron chi connectivity index (χ0n) is 14.3. The lowest BCUT2D eigenvalue weighted by Gasteiger charge is -2.31. The smallest absolute Gasteiger partial charge is 0.256 e. The topological polar surface area (TPSA) is 37.4 Å². The summed E-state index contributed by atoms with van der Waals surface area (Å²) in [5, 5.41) is 0.369. The molecule has 3 aromatic carbocycles. The maximum absolute atomic E-state index is 14.5. The lowest BCUT2D eigenvalue weighted by atomic mass is 10.1. The van der Waals surface area contributed by atoms with Crippen molar-refractivity contribution in [2.75, 3.05) is 4.31 Å². The molecule has 3 rings (SSSR count). The molecule has 140 valence electrons. The van der Waals surface area contributed by atoms with Gasteiger partial charge in [-0.1, -0.05) is 41.9 Å². The summed E-state index contributed by atoms with van der Waals surface area (Å²) >= 11 is 5.84. The Morgan fingerprint density at radius 1 is 0.926 bits per heavy atom. The van der Waals surface area contributed by atoms with Crippen LogP contribution in [0.5, 0.6) is 0 Å². The predicted molar refractivity (Wildman–Crippen MR) is 102 cm³/mol. The minimum atomic E-state index is -4.19. The molecule has 0 bridgehead atoms. The van der Waals surface area contributed by atoms with E-state index in [4.69, 9.17) is 11.6 Å². The molecule has 0 fully saturated rings. The SMILES string of the molecule is C[C@@H](c1ccccc1)N(c1cc(F)ccc1F)S(=O)(=O)c1ccc(Cl)cc1. The maximum atomic E-state index is 14.5. The molecule has 0 unspecified atom stereocenters. The van der Waals surface area contributed by atoms with Gasteiger partial charge in [-0.25, -0.2) is 17.2 Å². The van der Waals surface area contributed by atoms with Crippen molar-refractivity contribution in [3.8, 4) is 0 Å². The van der Waals surface area contributed by atoms with Crippen molar-refractivity contribution < 1.29 is 17.2 Å². The van der Waals surface area contributed by atoms with Gasteiger partial charge in [0.15, 0.2) is 0 Å². The Kier molecular flexibility index (Phi) is 5.48. The fourth-order valence-corrected chi connectivity index (χ4v) is 4.56.